The van der Waals surface area contributed by atoms with E-state index >= 15 is 0 Å². The molecule has 0 aliphatic heterocycles. The summed E-state index contributed by atoms with van der Waals surface area (Å²) in [5.74, 6) is 0.106. The minimum atomic E-state index is -0.592. The molecule has 0 heterocycles. The number of rotatable bonds is 0. The van der Waals surface area contributed by atoms with Crippen LogP contribution in [0.3, 0.4) is 0 Å². The number of hydrogen-bond donors (Lipinski definition) is 1. The standard InChI is InChI=1S/C12H16O2/c13-10-6-2-3-7-11(14)12(10)8-4-1-5-9-12/h2-3,6-7,10,13H,1,4-5,8-9H2. The molecule has 0 aromatic heterocycles. The number of aliphatic hydroxyl groups is 1. The Hall–Kier alpha value is -0.890. The van der Waals surface area contributed by atoms with Gasteiger partial charge in [-0.15, -0.1) is 0 Å². The van der Waals surface area contributed by atoms with Crippen LogP contribution in [-0.2, 0) is 4.79 Å². The number of hydrogen-bond acceptors (Lipinski definition) is 2. The summed E-state index contributed by atoms with van der Waals surface area (Å²) in [7, 11) is 0. The van der Waals surface area contributed by atoms with Gasteiger partial charge in [-0.05, 0) is 18.9 Å². The smallest absolute Gasteiger partial charge is 0.164 e. The molecule has 2 nitrogen and oxygen atoms in total. The highest BCUT2D eigenvalue weighted by Crippen LogP contribution is 2.41. The van der Waals surface area contributed by atoms with Crippen LogP contribution in [0.25, 0.3) is 0 Å². The molecule has 2 rings (SSSR count). The first-order chi connectivity index (χ1) is 6.76. The molecule has 1 saturated carbocycles. The fourth-order valence-electron chi connectivity index (χ4n) is 2.53. The van der Waals surface area contributed by atoms with Crippen molar-refractivity contribution >= 4 is 5.78 Å². The normalized spacial score (nSPS) is 30.6. The predicted molar refractivity (Wildman–Crippen MR) is 54.8 cm³/mol. The maximum absolute atomic E-state index is 11.9. The van der Waals surface area contributed by atoms with Crippen LogP contribution in [0.15, 0.2) is 24.3 Å². The van der Waals surface area contributed by atoms with Gasteiger partial charge in [0, 0.05) is 0 Å². The zero-order valence-corrected chi connectivity index (χ0v) is 8.28. The van der Waals surface area contributed by atoms with Crippen molar-refractivity contribution in [3.63, 3.8) is 0 Å². The van der Waals surface area contributed by atoms with Gasteiger partial charge >= 0.3 is 0 Å². The van der Waals surface area contributed by atoms with Gasteiger partial charge in [-0.1, -0.05) is 37.5 Å². The van der Waals surface area contributed by atoms with Crippen LogP contribution in [0.2, 0.25) is 0 Å². The number of allylic oxidation sites excluding steroid dienone is 3. The third-order valence-corrected chi connectivity index (χ3v) is 3.45. The van der Waals surface area contributed by atoms with Crippen molar-refractivity contribution in [2.75, 3.05) is 0 Å². The molecule has 14 heavy (non-hydrogen) atoms. The Kier molecular flexibility index (Phi) is 2.55. The molecule has 0 saturated heterocycles. The molecule has 1 spiro atoms. The average Bonchev–Trinajstić information content (AvgIpc) is 2.35. The van der Waals surface area contributed by atoms with Gasteiger partial charge in [-0.2, -0.15) is 0 Å². The van der Waals surface area contributed by atoms with Crippen LogP contribution < -0.4 is 0 Å². The van der Waals surface area contributed by atoms with E-state index in [0.29, 0.717) is 0 Å². The number of carbonyl (C=O) groups excluding carboxylic acids is 1. The first-order valence-electron chi connectivity index (χ1n) is 5.33. The van der Waals surface area contributed by atoms with Crippen LogP contribution in [0, 0.1) is 5.41 Å². The Morgan fingerprint density at radius 3 is 2.64 bits per heavy atom. The molecule has 2 aliphatic carbocycles. The summed E-state index contributed by atoms with van der Waals surface area (Å²) in [5.41, 5.74) is -0.498. The zero-order chi connectivity index (χ0) is 10.0. The molecule has 1 unspecified atom stereocenters. The van der Waals surface area contributed by atoms with E-state index in [2.05, 4.69) is 0 Å². The van der Waals surface area contributed by atoms with Gasteiger partial charge in [0.15, 0.2) is 5.78 Å². The Labute approximate surface area is 84.3 Å². The quantitative estimate of drug-likeness (QED) is 0.637. The van der Waals surface area contributed by atoms with E-state index in [4.69, 9.17) is 0 Å². The van der Waals surface area contributed by atoms with E-state index in [1.54, 1.807) is 24.3 Å². The van der Waals surface area contributed by atoms with Crippen molar-refractivity contribution in [1.82, 2.24) is 0 Å². The van der Waals surface area contributed by atoms with E-state index < -0.39 is 11.5 Å². The van der Waals surface area contributed by atoms with Crippen molar-refractivity contribution in [2.45, 2.75) is 38.2 Å². The Morgan fingerprint density at radius 1 is 1.21 bits per heavy atom. The number of carbonyl (C=O) groups is 1. The number of aliphatic hydroxyl groups excluding tert-OH is 1. The van der Waals surface area contributed by atoms with Crippen LogP contribution in [0.5, 0.6) is 0 Å². The fourth-order valence-corrected chi connectivity index (χ4v) is 2.53. The Balaban J connectivity index is 2.31. The van der Waals surface area contributed by atoms with Crippen LogP contribution in [0.4, 0.5) is 0 Å². The van der Waals surface area contributed by atoms with Crippen molar-refractivity contribution in [3.8, 4) is 0 Å². The molecule has 1 fully saturated rings. The van der Waals surface area contributed by atoms with E-state index in [0.717, 1.165) is 25.7 Å². The van der Waals surface area contributed by atoms with E-state index in [1.165, 1.54) is 6.42 Å². The van der Waals surface area contributed by atoms with Gasteiger partial charge in [0.2, 0.25) is 0 Å². The van der Waals surface area contributed by atoms with Gasteiger partial charge in [0.25, 0.3) is 0 Å². The first kappa shape index (κ1) is 9.66. The van der Waals surface area contributed by atoms with Gasteiger partial charge in [0.05, 0.1) is 11.5 Å². The second-order valence-corrected chi connectivity index (χ2v) is 4.27. The summed E-state index contributed by atoms with van der Waals surface area (Å²) < 4.78 is 0. The van der Waals surface area contributed by atoms with Crippen LogP contribution >= 0.6 is 0 Å². The highest BCUT2D eigenvalue weighted by Gasteiger charge is 2.43. The summed E-state index contributed by atoms with van der Waals surface area (Å²) >= 11 is 0. The zero-order valence-electron chi connectivity index (χ0n) is 8.28. The fraction of sp³-hybridized carbons (Fsp3) is 0.583. The molecule has 0 aromatic carbocycles. The topological polar surface area (TPSA) is 37.3 Å². The Bertz CT molecular complexity index is 283. The molecular formula is C12H16O2. The maximum atomic E-state index is 11.9. The molecule has 76 valence electrons. The largest absolute Gasteiger partial charge is 0.388 e. The minimum Gasteiger partial charge on any atom is -0.388 e. The average molecular weight is 192 g/mol. The summed E-state index contributed by atoms with van der Waals surface area (Å²) in [4.78, 5) is 11.9. The molecule has 0 radical (unpaired) electrons. The highest BCUT2D eigenvalue weighted by atomic mass is 16.3. The lowest BCUT2D eigenvalue weighted by atomic mass is 9.67. The summed E-state index contributed by atoms with van der Waals surface area (Å²) in [6.07, 6.45) is 11.2. The summed E-state index contributed by atoms with van der Waals surface area (Å²) in [6, 6.07) is 0. The molecule has 0 aromatic rings. The van der Waals surface area contributed by atoms with Crippen LogP contribution in [0.1, 0.15) is 32.1 Å². The number of ketones is 1. The van der Waals surface area contributed by atoms with Crippen molar-refractivity contribution < 1.29 is 9.90 Å². The van der Waals surface area contributed by atoms with Crippen molar-refractivity contribution in [2.24, 2.45) is 5.41 Å². The van der Waals surface area contributed by atoms with E-state index in [1.807, 2.05) is 0 Å². The van der Waals surface area contributed by atoms with Gasteiger partial charge < -0.3 is 5.11 Å². The van der Waals surface area contributed by atoms with Gasteiger partial charge in [-0.25, -0.2) is 0 Å². The highest BCUT2D eigenvalue weighted by molar-refractivity contribution is 5.96. The monoisotopic (exact) mass is 192 g/mol. The Morgan fingerprint density at radius 2 is 1.93 bits per heavy atom. The molecule has 0 bridgehead atoms. The molecule has 1 N–H and O–H groups in total. The van der Waals surface area contributed by atoms with Gasteiger partial charge in [0.1, 0.15) is 0 Å². The first-order valence-corrected chi connectivity index (χ1v) is 5.33. The minimum absolute atomic E-state index is 0.106. The van der Waals surface area contributed by atoms with Gasteiger partial charge in [-0.3, -0.25) is 4.79 Å². The van der Waals surface area contributed by atoms with E-state index in [-0.39, 0.29) is 5.78 Å². The molecular weight excluding hydrogens is 176 g/mol. The second-order valence-electron chi connectivity index (χ2n) is 4.27. The lowest BCUT2D eigenvalue weighted by Gasteiger charge is -2.37. The van der Waals surface area contributed by atoms with Crippen molar-refractivity contribution in [1.29, 1.82) is 0 Å². The third-order valence-electron chi connectivity index (χ3n) is 3.45. The SMILES string of the molecule is O=C1C=CC=CC(O)C12CCCCC2. The molecule has 2 aliphatic rings. The van der Waals surface area contributed by atoms with Crippen LogP contribution in [-0.4, -0.2) is 17.0 Å². The molecule has 2 heteroatoms. The summed E-state index contributed by atoms with van der Waals surface area (Å²) in [5, 5.41) is 9.99. The maximum Gasteiger partial charge on any atom is 0.164 e. The lowest BCUT2D eigenvalue weighted by Crippen LogP contribution is -2.42. The molecule has 1 atom stereocenters. The third kappa shape index (κ3) is 1.44. The predicted octanol–water partition coefficient (Wildman–Crippen LogP) is 1.99. The summed E-state index contributed by atoms with van der Waals surface area (Å²) in [6.45, 7) is 0. The van der Waals surface area contributed by atoms with E-state index in [9.17, 15) is 9.90 Å². The second kappa shape index (κ2) is 3.70. The van der Waals surface area contributed by atoms with Crippen molar-refractivity contribution in [3.05, 3.63) is 24.3 Å². The lowest BCUT2D eigenvalue weighted by molar-refractivity contribution is -0.131. The molecule has 0 amide bonds.